The number of thiazole rings is 1. The first-order valence-electron chi connectivity index (χ1n) is 7.18. The third-order valence-electron chi connectivity index (χ3n) is 3.74. The van der Waals surface area contributed by atoms with E-state index in [9.17, 15) is 0 Å². The minimum atomic E-state index is 0.607. The summed E-state index contributed by atoms with van der Waals surface area (Å²) in [5.74, 6) is 0. The van der Waals surface area contributed by atoms with Crippen molar-refractivity contribution in [3.8, 4) is 0 Å². The van der Waals surface area contributed by atoms with Crippen LogP contribution in [0.1, 0.15) is 43.2 Å². The van der Waals surface area contributed by atoms with Crippen molar-refractivity contribution in [3.05, 3.63) is 10.6 Å². The van der Waals surface area contributed by atoms with Crippen LogP contribution in [0.2, 0.25) is 0 Å². The number of rotatable bonds is 7. The lowest BCUT2D eigenvalue weighted by Gasteiger charge is -2.26. The summed E-state index contributed by atoms with van der Waals surface area (Å²) in [4.78, 5) is 8.60. The van der Waals surface area contributed by atoms with E-state index in [0.717, 1.165) is 18.8 Å². The minimum absolute atomic E-state index is 0.607. The number of hydrogen-bond donors (Lipinski definition) is 1. The topological polar surface area (TPSA) is 37.4 Å². The van der Waals surface area contributed by atoms with Gasteiger partial charge in [0.25, 0.3) is 0 Å². The first kappa shape index (κ1) is 14.8. The molecule has 0 atom stereocenters. The van der Waals surface area contributed by atoms with E-state index in [1.807, 2.05) is 18.4 Å². The second-order valence-corrected chi connectivity index (χ2v) is 6.12. The van der Waals surface area contributed by atoms with Crippen molar-refractivity contribution in [3.63, 3.8) is 0 Å². The first-order chi connectivity index (χ1) is 9.30. The van der Waals surface area contributed by atoms with Gasteiger partial charge in [0.15, 0.2) is 5.13 Å². The maximum atomic E-state index is 5.26. The fourth-order valence-electron chi connectivity index (χ4n) is 2.81. The average molecular weight is 283 g/mol. The highest BCUT2D eigenvalue weighted by molar-refractivity contribution is 7.15. The molecule has 0 bridgehead atoms. The summed E-state index contributed by atoms with van der Waals surface area (Å²) in [6, 6.07) is 0.689. The van der Waals surface area contributed by atoms with E-state index in [-0.39, 0.29) is 0 Å². The molecular weight excluding hydrogens is 258 g/mol. The third kappa shape index (κ3) is 3.46. The van der Waals surface area contributed by atoms with Gasteiger partial charge in [-0.1, -0.05) is 12.8 Å². The standard InChI is InChI=1S/C14H25N3OS/c1-4-17(11-7-5-6-8-11)14-16-12(10-18-3)13(19-14)9-15-2/h11,15H,4-10H2,1-3H3. The Morgan fingerprint density at radius 2 is 2.16 bits per heavy atom. The molecular formula is C14H25N3OS. The number of hydrogen-bond acceptors (Lipinski definition) is 5. The van der Waals surface area contributed by atoms with Crippen molar-refractivity contribution < 1.29 is 4.74 Å². The number of nitrogens with one attached hydrogen (secondary N) is 1. The Bertz CT molecular complexity index is 365. The van der Waals surface area contributed by atoms with Crippen LogP contribution < -0.4 is 10.2 Å². The van der Waals surface area contributed by atoms with Gasteiger partial charge in [0, 0.05) is 31.1 Å². The molecule has 1 fully saturated rings. The first-order valence-corrected chi connectivity index (χ1v) is 8.00. The van der Waals surface area contributed by atoms with Crippen LogP contribution in [0, 0.1) is 0 Å². The maximum absolute atomic E-state index is 5.26. The van der Waals surface area contributed by atoms with Gasteiger partial charge in [-0.2, -0.15) is 0 Å². The Hall–Kier alpha value is -0.650. The van der Waals surface area contributed by atoms with E-state index >= 15 is 0 Å². The Balaban J connectivity index is 2.19. The van der Waals surface area contributed by atoms with Gasteiger partial charge in [-0.3, -0.25) is 0 Å². The predicted molar refractivity (Wildman–Crippen MR) is 80.9 cm³/mol. The number of aromatic nitrogens is 1. The normalized spacial score (nSPS) is 16.2. The van der Waals surface area contributed by atoms with Crippen molar-refractivity contribution in [2.45, 2.75) is 51.8 Å². The van der Waals surface area contributed by atoms with Crippen LogP contribution in [0.3, 0.4) is 0 Å². The van der Waals surface area contributed by atoms with E-state index in [4.69, 9.17) is 9.72 Å². The van der Waals surface area contributed by atoms with Crippen molar-refractivity contribution in [2.75, 3.05) is 25.6 Å². The summed E-state index contributed by atoms with van der Waals surface area (Å²) in [6.45, 7) is 4.76. The molecule has 0 saturated heterocycles. The molecule has 1 aliphatic rings. The second kappa shape index (κ2) is 7.22. The van der Waals surface area contributed by atoms with E-state index in [1.54, 1.807) is 7.11 Å². The highest BCUT2D eigenvalue weighted by Crippen LogP contribution is 2.32. The second-order valence-electron chi connectivity index (χ2n) is 5.05. The number of anilines is 1. The third-order valence-corrected chi connectivity index (χ3v) is 4.87. The number of methoxy groups -OCH3 is 1. The van der Waals surface area contributed by atoms with Gasteiger partial charge in [0.1, 0.15) is 0 Å². The summed E-state index contributed by atoms with van der Waals surface area (Å²) in [5, 5.41) is 4.39. The monoisotopic (exact) mass is 283 g/mol. The highest BCUT2D eigenvalue weighted by atomic mass is 32.1. The van der Waals surface area contributed by atoms with Crippen molar-refractivity contribution >= 4 is 16.5 Å². The van der Waals surface area contributed by atoms with Gasteiger partial charge in [-0.05, 0) is 26.8 Å². The Labute approximate surface area is 120 Å². The Morgan fingerprint density at radius 3 is 2.74 bits per heavy atom. The van der Waals surface area contributed by atoms with Crippen LogP contribution in [0.4, 0.5) is 5.13 Å². The zero-order valence-corrected chi connectivity index (χ0v) is 13.1. The Morgan fingerprint density at radius 1 is 1.42 bits per heavy atom. The fourth-order valence-corrected chi connectivity index (χ4v) is 4.02. The van der Waals surface area contributed by atoms with Crippen molar-refractivity contribution in [1.29, 1.82) is 0 Å². The van der Waals surface area contributed by atoms with Crippen molar-refractivity contribution in [2.24, 2.45) is 0 Å². The SMILES string of the molecule is CCN(c1nc(COC)c(CNC)s1)C1CCCC1. The molecule has 1 heterocycles. The molecule has 4 nitrogen and oxygen atoms in total. The molecule has 1 aromatic rings. The molecule has 1 aromatic heterocycles. The van der Waals surface area contributed by atoms with Gasteiger partial charge in [-0.25, -0.2) is 4.98 Å². The van der Waals surface area contributed by atoms with E-state index in [2.05, 4.69) is 17.1 Å². The molecule has 1 saturated carbocycles. The smallest absolute Gasteiger partial charge is 0.186 e. The van der Waals surface area contributed by atoms with Gasteiger partial charge in [0.05, 0.1) is 12.3 Å². The fraction of sp³-hybridized carbons (Fsp3) is 0.786. The molecule has 0 aromatic carbocycles. The molecule has 0 spiro atoms. The molecule has 0 aliphatic heterocycles. The van der Waals surface area contributed by atoms with Crippen LogP contribution in [-0.4, -0.2) is 31.7 Å². The van der Waals surface area contributed by atoms with Gasteiger partial charge < -0.3 is 15.0 Å². The lowest BCUT2D eigenvalue weighted by molar-refractivity contribution is 0.181. The molecule has 0 amide bonds. The number of nitrogens with zero attached hydrogens (tertiary/aromatic N) is 2. The van der Waals surface area contributed by atoms with E-state index < -0.39 is 0 Å². The van der Waals surface area contributed by atoms with Gasteiger partial charge >= 0.3 is 0 Å². The van der Waals surface area contributed by atoms with Crippen LogP contribution >= 0.6 is 11.3 Å². The van der Waals surface area contributed by atoms with Gasteiger partial charge in [-0.15, -0.1) is 11.3 Å². The summed E-state index contributed by atoms with van der Waals surface area (Å²) in [6.07, 6.45) is 5.35. The van der Waals surface area contributed by atoms with E-state index in [0.29, 0.717) is 12.6 Å². The zero-order valence-electron chi connectivity index (χ0n) is 12.2. The van der Waals surface area contributed by atoms with Crippen molar-refractivity contribution in [1.82, 2.24) is 10.3 Å². The molecule has 1 N–H and O–H groups in total. The average Bonchev–Trinajstić information content (AvgIpc) is 3.03. The van der Waals surface area contributed by atoms with Gasteiger partial charge in [0.2, 0.25) is 0 Å². The quantitative estimate of drug-likeness (QED) is 0.835. The maximum Gasteiger partial charge on any atom is 0.186 e. The zero-order chi connectivity index (χ0) is 13.7. The molecule has 19 heavy (non-hydrogen) atoms. The highest BCUT2D eigenvalue weighted by Gasteiger charge is 2.24. The lowest BCUT2D eigenvalue weighted by atomic mass is 10.2. The molecule has 2 rings (SSSR count). The summed E-state index contributed by atoms with van der Waals surface area (Å²) < 4.78 is 5.26. The molecule has 1 aliphatic carbocycles. The Kier molecular flexibility index (Phi) is 5.60. The number of ether oxygens (including phenoxy) is 1. The largest absolute Gasteiger partial charge is 0.378 e. The van der Waals surface area contributed by atoms with E-state index in [1.165, 1.54) is 35.7 Å². The summed E-state index contributed by atoms with van der Waals surface area (Å²) in [7, 11) is 3.71. The van der Waals surface area contributed by atoms with Crippen LogP contribution in [0.15, 0.2) is 0 Å². The molecule has 108 valence electrons. The van der Waals surface area contributed by atoms with Crippen LogP contribution in [0.5, 0.6) is 0 Å². The summed E-state index contributed by atoms with van der Waals surface area (Å²) in [5.41, 5.74) is 1.09. The molecule has 0 radical (unpaired) electrons. The molecule has 0 unspecified atom stereocenters. The lowest BCUT2D eigenvalue weighted by Crippen LogP contribution is -2.32. The summed E-state index contributed by atoms with van der Waals surface area (Å²) >= 11 is 1.82. The van der Waals surface area contributed by atoms with Crippen LogP contribution in [-0.2, 0) is 17.9 Å². The van der Waals surface area contributed by atoms with Crippen LogP contribution in [0.25, 0.3) is 0 Å². The predicted octanol–water partition coefficient (Wildman–Crippen LogP) is 2.78. The molecule has 5 heteroatoms. The minimum Gasteiger partial charge on any atom is -0.378 e.